The van der Waals surface area contributed by atoms with Crippen molar-refractivity contribution in [2.24, 2.45) is 5.92 Å². The lowest BCUT2D eigenvalue weighted by Crippen LogP contribution is -2.45. The van der Waals surface area contributed by atoms with Crippen LogP contribution in [0.1, 0.15) is 18.4 Å². The Morgan fingerprint density at radius 2 is 2.00 bits per heavy atom. The van der Waals surface area contributed by atoms with Gasteiger partial charge in [-0.25, -0.2) is 12.8 Å². The molecule has 2 aliphatic heterocycles. The molecule has 0 bridgehead atoms. The molecule has 2 aliphatic rings. The Labute approximate surface area is 179 Å². The smallest absolute Gasteiger partial charge is 0.262 e. The summed E-state index contributed by atoms with van der Waals surface area (Å²) in [7, 11) is -3.85. The minimum Gasteiger partial charge on any atom is -0.482 e. The number of nitrogens with zero attached hydrogens (tertiary/aromatic N) is 1. The zero-order valence-corrected chi connectivity index (χ0v) is 17.5. The molecule has 8 nitrogen and oxygen atoms in total. The van der Waals surface area contributed by atoms with Crippen molar-refractivity contribution < 1.29 is 27.1 Å². The Morgan fingerprint density at radius 1 is 1.23 bits per heavy atom. The summed E-state index contributed by atoms with van der Waals surface area (Å²) in [5.41, 5.74) is 1.07. The molecule has 4 rings (SSSR count). The van der Waals surface area contributed by atoms with Gasteiger partial charge in [-0.15, -0.1) is 0 Å². The van der Waals surface area contributed by atoms with Crippen LogP contribution in [0, 0.1) is 11.7 Å². The van der Waals surface area contributed by atoms with Crippen LogP contribution in [0.4, 0.5) is 10.1 Å². The van der Waals surface area contributed by atoms with E-state index in [1.54, 1.807) is 12.1 Å². The minimum absolute atomic E-state index is 0.0319. The Bertz CT molecular complexity index is 1100. The van der Waals surface area contributed by atoms with Gasteiger partial charge in [-0.05, 0) is 48.7 Å². The van der Waals surface area contributed by atoms with Crippen LogP contribution in [0.2, 0.25) is 0 Å². The van der Waals surface area contributed by atoms with Crippen molar-refractivity contribution in [1.82, 2.24) is 9.62 Å². The molecule has 0 radical (unpaired) electrons. The Balaban J connectivity index is 1.43. The molecule has 2 heterocycles. The molecule has 0 unspecified atom stereocenters. The molecule has 0 spiro atoms. The zero-order chi connectivity index (χ0) is 22.0. The highest BCUT2D eigenvalue weighted by molar-refractivity contribution is 7.89. The average molecular weight is 447 g/mol. The molecule has 1 fully saturated rings. The number of nitrogens with one attached hydrogen (secondary N) is 2. The average Bonchev–Trinajstić information content (AvgIpc) is 2.78. The lowest BCUT2D eigenvalue weighted by Gasteiger charge is -2.31. The van der Waals surface area contributed by atoms with Gasteiger partial charge in [0.2, 0.25) is 15.9 Å². The molecule has 2 amide bonds. The molecule has 1 saturated heterocycles. The molecule has 164 valence electrons. The van der Waals surface area contributed by atoms with Crippen LogP contribution >= 0.6 is 0 Å². The van der Waals surface area contributed by atoms with Gasteiger partial charge in [-0.2, -0.15) is 4.31 Å². The maximum atomic E-state index is 13.1. The van der Waals surface area contributed by atoms with Crippen molar-refractivity contribution in [3.05, 3.63) is 53.8 Å². The largest absolute Gasteiger partial charge is 0.482 e. The molecule has 0 aliphatic carbocycles. The van der Waals surface area contributed by atoms with E-state index in [0.717, 1.165) is 5.56 Å². The number of rotatable bonds is 5. The summed E-state index contributed by atoms with van der Waals surface area (Å²) in [5, 5.41) is 5.40. The number of benzene rings is 2. The first-order valence-electron chi connectivity index (χ1n) is 9.92. The molecule has 1 atom stereocenters. The van der Waals surface area contributed by atoms with Crippen LogP contribution in [0.5, 0.6) is 5.75 Å². The predicted octanol–water partition coefficient (Wildman–Crippen LogP) is 1.87. The predicted molar refractivity (Wildman–Crippen MR) is 110 cm³/mol. The van der Waals surface area contributed by atoms with Crippen LogP contribution in [0.15, 0.2) is 47.4 Å². The van der Waals surface area contributed by atoms with Crippen molar-refractivity contribution in [2.75, 3.05) is 25.0 Å². The van der Waals surface area contributed by atoms with Crippen molar-refractivity contribution >= 4 is 27.5 Å². The van der Waals surface area contributed by atoms with Gasteiger partial charge < -0.3 is 15.4 Å². The lowest BCUT2D eigenvalue weighted by atomic mass is 9.99. The van der Waals surface area contributed by atoms with Gasteiger partial charge in [0.15, 0.2) is 6.61 Å². The van der Waals surface area contributed by atoms with Gasteiger partial charge in [-0.1, -0.05) is 12.1 Å². The number of ether oxygens (including phenoxy) is 1. The summed E-state index contributed by atoms with van der Waals surface area (Å²) >= 11 is 0. The number of hydrogen-bond donors (Lipinski definition) is 2. The number of fused-ring (bicyclic) bond motifs is 1. The van der Waals surface area contributed by atoms with Gasteiger partial charge in [-0.3, -0.25) is 9.59 Å². The van der Waals surface area contributed by atoms with Crippen molar-refractivity contribution in [3.63, 3.8) is 0 Å². The molecule has 2 aromatic rings. The number of carbonyl (C=O) groups excluding carboxylic acids is 2. The van der Waals surface area contributed by atoms with Gasteiger partial charge in [0.05, 0.1) is 16.5 Å². The first-order chi connectivity index (χ1) is 14.8. The van der Waals surface area contributed by atoms with Crippen LogP contribution in [0.25, 0.3) is 0 Å². The molecule has 2 aromatic carbocycles. The number of sulfonamides is 1. The second-order valence-electron chi connectivity index (χ2n) is 7.54. The highest BCUT2D eigenvalue weighted by Gasteiger charge is 2.34. The Morgan fingerprint density at radius 3 is 2.77 bits per heavy atom. The molecule has 2 N–H and O–H groups in total. The number of hydrogen-bond acceptors (Lipinski definition) is 5. The number of amides is 2. The van der Waals surface area contributed by atoms with E-state index in [-0.39, 0.29) is 42.2 Å². The number of piperidine rings is 1. The van der Waals surface area contributed by atoms with Gasteiger partial charge in [0.1, 0.15) is 11.6 Å². The van der Waals surface area contributed by atoms with E-state index < -0.39 is 15.9 Å². The maximum Gasteiger partial charge on any atom is 0.262 e. The molecule has 0 saturated carbocycles. The second kappa shape index (κ2) is 8.64. The fourth-order valence-corrected chi connectivity index (χ4v) is 5.23. The van der Waals surface area contributed by atoms with Crippen LogP contribution < -0.4 is 15.4 Å². The first kappa shape index (κ1) is 21.3. The van der Waals surface area contributed by atoms with E-state index >= 15 is 0 Å². The van der Waals surface area contributed by atoms with E-state index in [1.165, 1.54) is 34.6 Å². The maximum absolute atomic E-state index is 13.1. The summed E-state index contributed by atoms with van der Waals surface area (Å²) in [4.78, 5) is 24.2. The van der Waals surface area contributed by atoms with E-state index in [9.17, 15) is 22.4 Å². The normalized spacial score (nSPS) is 19.1. The summed E-state index contributed by atoms with van der Waals surface area (Å²) in [6.07, 6.45) is 1.13. The molecular formula is C21H22FN3O5S. The first-order valence-corrected chi connectivity index (χ1v) is 11.4. The third kappa shape index (κ3) is 4.70. The highest BCUT2D eigenvalue weighted by Crippen LogP contribution is 2.32. The molecule has 0 aromatic heterocycles. The van der Waals surface area contributed by atoms with Gasteiger partial charge in [0, 0.05) is 19.6 Å². The highest BCUT2D eigenvalue weighted by atomic mass is 32.2. The van der Waals surface area contributed by atoms with E-state index in [4.69, 9.17) is 4.74 Å². The quantitative estimate of drug-likeness (QED) is 0.728. The topological polar surface area (TPSA) is 105 Å². The summed E-state index contributed by atoms with van der Waals surface area (Å²) in [6, 6.07) is 10.1. The SMILES string of the molecule is O=C1COc2ccc(S(=O)(=O)N3CCC[C@@H](C(=O)NCc4ccc(F)cc4)C3)cc2N1. The minimum atomic E-state index is -3.85. The fourth-order valence-electron chi connectivity index (χ4n) is 3.68. The zero-order valence-electron chi connectivity index (χ0n) is 16.6. The van der Waals surface area contributed by atoms with Crippen molar-refractivity contribution in [3.8, 4) is 5.75 Å². The van der Waals surface area contributed by atoms with Crippen LogP contribution in [0.3, 0.4) is 0 Å². The van der Waals surface area contributed by atoms with E-state index in [2.05, 4.69) is 10.6 Å². The van der Waals surface area contributed by atoms with E-state index in [0.29, 0.717) is 30.8 Å². The number of anilines is 1. The Kier molecular flexibility index (Phi) is 5.92. The number of carbonyl (C=O) groups is 2. The molecular weight excluding hydrogens is 425 g/mol. The van der Waals surface area contributed by atoms with Crippen molar-refractivity contribution in [1.29, 1.82) is 0 Å². The van der Waals surface area contributed by atoms with E-state index in [1.807, 2.05) is 0 Å². The molecule has 31 heavy (non-hydrogen) atoms. The molecule has 10 heteroatoms. The summed E-state index contributed by atoms with van der Waals surface area (Å²) in [5.74, 6) is -1.01. The third-order valence-electron chi connectivity index (χ3n) is 5.36. The Hall–Kier alpha value is -2.98. The number of halogens is 1. The van der Waals surface area contributed by atoms with Crippen LogP contribution in [-0.4, -0.2) is 44.2 Å². The monoisotopic (exact) mass is 447 g/mol. The van der Waals surface area contributed by atoms with Crippen LogP contribution in [-0.2, 0) is 26.2 Å². The van der Waals surface area contributed by atoms with Crippen molar-refractivity contribution in [2.45, 2.75) is 24.3 Å². The summed E-state index contributed by atoms with van der Waals surface area (Å²) in [6.45, 7) is 0.508. The second-order valence-corrected chi connectivity index (χ2v) is 9.48. The standard InChI is InChI=1S/C21H22FN3O5S/c22-16-5-3-14(4-6-16)11-23-21(27)15-2-1-9-25(12-15)31(28,29)17-7-8-19-18(10-17)24-20(26)13-30-19/h3-8,10,15H,1-2,9,11-13H2,(H,23,27)(H,24,26)/t15-/m1/s1. The van der Waals surface area contributed by atoms with Gasteiger partial charge >= 0.3 is 0 Å². The lowest BCUT2D eigenvalue weighted by molar-refractivity contribution is -0.126. The third-order valence-corrected chi connectivity index (χ3v) is 7.22. The van der Waals surface area contributed by atoms with Gasteiger partial charge in [0.25, 0.3) is 5.91 Å². The fraction of sp³-hybridized carbons (Fsp3) is 0.333. The summed E-state index contributed by atoms with van der Waals surface area (Å²) < 4.78 is 45.9.